The Morgan fingerprint density at radius 1 is 0.971 bits per heavy atom. The second-order valence-corrected chi connectivity index (χ2v) is 9.27. The first-order valence-corrected chi connectivity index (χ1v) is 12.1. The Morgan fingerprint density at radius 2 is 1.71 bits per heavy atom. The van der Waals surface area contributed by atoms with Crippen molar-refractivity contribution in [2.45, 2.75) is 51.5 Å². The molecule has 0 aromatic heterocycles. The summed E-state index contributed by atoms with van der Waals surface area (Å²) in [5.41, 5.74) is 2.69. The van der Waals surface area contributed by atoms with E-state index >= 15 is 0 Å². The van der Waals surface area contributed by atoms with Gasteiger partial charge in [0.05, 0.1) is 20.1 Å². The van der Waals surface area contributed by atoms with Crippen molar-refractivity contribution in [1.82, 2.24) is 5.32 Å². The van der Waals surface area contributed by atoms with Crippen molar-refractivity contribution in [2.75, 3.05) is 31.0 Å². The molecular formula is C27H33N3O5. The first-order valence-electron chi connectivity index (χ1n) is 12.1. The molecule has 0 radical (unpaired) electrons. The SMILES string of the molecule is COc1ccc(N2CC(C(=O)Nc3ccc(C(=O)NC4CCCCC4)cc3C)CC2=O)cc1OC. The highest BCUT2D eigenvalue weighted by Gasteiger charge is 2.35. The number of rotatable bonds is 7. The standard InChI is InChI=1S/C27H33N3O5/c1-17-13-18(26(32)28-20-7-5-4-6-8-20)9-11-22(17)29-27(33)19-14-25(31)30(16-19)21-10-12-23(34-2)24(15-21)35-3/h9-13,15,19-20H,4-8,14,16H2,1-3H3,(H,28,32)(H,29,33). The number of benzene rings is 2. The number of methoxy groups -OCH3 is 2. The van der Waals surface area contributed by atoms with Gasteiger partial charge in [-0.05, 0) is 55.7 Å². The molecule has 1 unspecified atom stereocenters. The molecule has 1 saturated carbocycles. The maximum Gasteiger partial charge on any atom is 0.251 e. The smallest absolute Gasteiger partial charge is 0.251 e. The Hall–Kier alpha value is -3.55. The average molecular weight is 480 g/mol. The minimum absolute atomic E-state index is 0.0789. The van der Waals surface area contributed by atoms with Gasteiger partial charge in [0.15, 0.2) is 11.5 Å². The topological polar surface area (TPSA) is 97.0 Å². The summed E-state index contributed by atoms with van der Waals surface area (Å²) in [6, 6.07) is 10.8. The van der Waals surface area contributed by atoms with Crippen LogP contribution in [0.2, 0.25) is 0 Å². The van der Waals surface area contributed by atoms with Gasteiger partial charge in [0.2, 0.25) is 11.8 Å². The Labute approximate surface area is 206 Å². The molecule has 0 spiro atoms. The van der Waals surface area contributed by atoms with Crippen LogP contribution in [-0.4, -0.2) is 44.5 Å². The van der Waals surface area contributed by atoms with Gasteiger partial charge in [0, 0.05) is 42.0 Å². The van der Waals surface area contributed by atoms with E-state index in [2.05, 4.69) is 10.6 Å². The number of nitrogens with one attached hydrogen (secondary N) is 2. The number of anilines is 2. The van der Waals surface area contributed by atoms with Crippen molar-refractivity contribution in [1.29, 1.82) is 0 Å². The molecule has 1 atom stereocenters. The molecule has 1 aliphatic heterocycles. The molecule has 2 aromatic rings. The van der Waals surface area contributed by atoms with Crippen LogP contribution in [0.1, 0.15) is 54.4 Å². The number of carbonyl (C=O) groups is 3. The van der Waals surface area contributed by atoms with Gasteiger partial charge in [-0.15, -0.1) is 0 Å². The zero-order valence-corrected chi connectivity index (χ0v) is 20.6. The lowest BCUT2D eigenvalue weighted by atomic mass is 9.95. The zero-order valence-electron chi connectivity index (χ0n) is 20.6. The lowest BCUT2D eigenvalue weighted by Gasteiger charge is -2.23. The maximum atomic E-state index is 13.0. The summed E-state index contributed by atoms with van der Waals surface area (Å²) in [7, 11) is 3.09. The number of ether oxygens (including phenoxy) is 2. The maximum absolute atomic E-state index is 13.0. The second kappa shape index (κ2) is 10.8. The van der Waals surface area contributed by atoms with Crippen LogP contribution in [-0.2, 0) is 9.59 Å². The van der Waals surface area contributed by atoms with Crippen molar-refractivity contribution in [3.05, 3.63) is 47.5 Å². The zero-order chi connectivity index (χ0) is 24.9. The van der Waals surface area contributed by atoms with Crippen LogP contribution in [0.5, 0.6) is 11.5 Å². The van der Waals surface area contributed by atoms with Crippen LogP contribution in [0.3, 0.4) is 0 Å². The summed E-state index contributed by atoms with van der Waals surface area (Å²) in [4.78, 5) is 39.9. The van der Waals surface area contributed by atoms with Crippen molar-refractivity contribution in [3.63, 3.8) is 0 Å². The van der Waals surface area contributed by atoms with E-state index in [1.54, 1.807) is 48.4 Å². The average Bonchev–Trinajstić information content (AvgIpc) is 3.27. The van der Waals surface area contributed by atoms with Gasteiger partial charge < -0.3 is 25.0 Å². The predicted octanol–water partition coefficient (Wildman–Crippen LogP) is 4.07. The third-order valence-corrected chi connectivity index (χ3v) is 6.86. The van der Waals surface area contributed by atoms with Gasteiger partial charge in [-0.3, -0.25) is 14.4 Å². The van der Waals surface area contributed by atoms with E-state index in [9.17, 15) is 14.4 Å². The van der Waals surface area contributed by atoms with Gasteiger partial charge in [-0.1, -0.05) is 19.3 Å². The molecule has 35 heavy (non-hydrogen) atoms. The first kappa shape index (κ1) is 24.6. The van der Waals surface area contributed by atoms with Crippen molar-refractivity contribution in [2.24, 2.45) is 5.92 Å². The van der Waals surface area contributed by atoms with Crippen LogP contribution < -0.4 is 25.0 Å². The first-order chi connectivity index (χ1) is 16.9. The van der Waals surface area contributed by atoms with Gasteiger partial charge in [0.1, 0.15) is 0 Å². The quantitative estimate of drug-likeness (QED) is 0.624. The highest BCUT2D eigenvalue weighted by Crippen LogP contribution is 2.34. The van der Waals surface area contributed by atoms with Crippen LogP contribution in [0.25, 0.3) is 0 Å². The fourth-order valence-corrected chi connectivity index (χ4v) is 4.82. The van der Waals surface area contributed by atoms with E-state index in [4.69, 9.17) is 9.47 Å². The fourth-order valence-electron chi connectivity index (χ4n) is 4.82. The van der Waals surface area contributed by atoms with E-state index in [1.807, 2.05) is 6.92 Å². The van der Waals surface area contributed by atoms with Crippen LogP contribution in [0, 0.1) is 12.8 Å². The summed E-state index contributed by atoms with van der Waals surface area (Å²) >= 11 is 0. The van der Waals surface area contributed by atoms with Gasteiger partial charge in [0.25, 0.3) is 5.91 Å². The lowest BCUT2D eigenvalue weighted by Crippen LogP contribution is -2.36. The Morgan fingerprint density at radius 3 is 2.40 bits per heavy atom. The van der Waals surface area contributed by atoms with Gasteiger partial charge in [-0.25, -0.2) is 0 Å². The number of nitrogens with zero attached hydrogens (tertiary/aromatic N) is 1. The Bertz CT molecular complexity index is 1110. The number of hydrogen-bond acceptors (Lipinski definition) is 5. The van der Waals surface area contributed by atoms with E-state index in [0.29, 0.717) is 28.4 Å². The van der Waals surface area contributed by atoms with Crippen LogP contribution in [0.4, 0.5) is 11.4 Å². The lowest BCUT2D eigenvalue weighted by molar-refractivity contribution is -0.122. The van der Waals surface area contributed by atoms with Crippen molar-refractivity contribution < 1.29 is 23.9 Å². The number of aryl methyl sites for hydroxylation is 1. The second-order valence-electron chi connectivity index (χ2n) is 9.27. The van der Waals surface area contributed by atoms with Gasteiger partial charge >= 0.3 is 0 Å². The molecule has 3 amide bonds. The fraction of sp³-hybridized carbons (Fsp3) is 0.444. The number of carbonyl (C=O) groups excluding carboxylic acids is 3. The summed E-state index contributed by atoms with van der Waals surface area (Å²) < 4.78 is 10.6. The van der Waals surface area contributed by atoms with Crippen LogP contribution in [0.15, 0.2) is 36.4 Å². The molecule has 186 valence electrons. The third kappa shape index (κ3) is 5.58. The Balaban J connectivity index is 1.39. The molecule has 2 aliphatic rings. The molecule has 2 aromatic carbocycles. The van der Waals surface area contributed by atoms with E-state index in [1.165, 1.54) is 13.5 Å². The van der Waals surface area contributed by atoms with Gasteiger partial charge in [-0.2, -0.15) is 0 Å². The third-order valence-electron chi connectivity index (χ3n) is 6.86. The molecule has 4 rings (SSSR count). The molecule has 2 fully saturated rings. The highest BCUT2D eigenvalue weighted by molar-refractivity contribution is 6.04. The van der Waals surface area contributed by atoms with Crippen molar-refractivity contribution in [3.8, 4) is 11.5 Å². The largest absolute Gasteiger partial charge is 0.493 e. The summed E-state index contributed by atoms with van der Waals surface area (Å²) in [5.74, 6) is 0.194. The molecular weight excluding hydrogens is 446 g/mol. The van der Waals surface area contributed by atoms with E-state index in [0.717, 1.165) is 31.2 Å². The minimum atomic E-state index is -0.482. The molecule has 1 saturated heterocycles. The molecule has 8 heteroatoms. The predicted molar refractivity (Wildman–Crippen MR) is 134 cm³/mol. The molecule has 1 heterocycles. The summed E-state index contributed by atoms with van der Waals surface area (Å²) in [6.45, 7) is 2.14. The van der Waals surface area contributed by atoms with E-state index < -0.39 is 5.92 Å². The molecule has 1 aliphatic carbocycles. The highest BCUT2D eigenvalue weighted by atomic mass is 16.5. The molecule has 2 N–H and O–H groups in total. The Kier molecular flexibility index (Phi) is 7.58. The summed E-state index contributed by atoms with van der Waals surface area (Å²) in [5, 5.41) is 6.06. The van der Waals surface area contributed by atoms with Crippen molar-refractivity contribution >= 4 is 29.1 Å². The monoisotopic (exact) mass is 479 g/mol. The minimum Gasteiger partial charge on any atom is -0.493 e. The molecule has 0 bridgehead atoms. The summed E-state index contributed by atoms with van der Waals surface area (Å²) in [6.07, 6.45) is 5.72. The van der Waals surface area contributed by atoms with Crippen LogP contribution >= 0.6 is 0 Å². The van der Waals surface area contributed by atoms with E-state index in [-0.39, 0.29) is 36.7 Å². The normalized spacial score (nSPS) is 18.3. The number of amides is 3. The number of hydrogen-bond donors (Lipinski definition) is 2. The molecule has 8 nitrogen and oxygen atoms in total.